The lowest BCUT2D eigenvalue weighted by atomic mass is 10.0. The van der Waals surface area contributed by atoms with Crippen LogP contribution in [0.4, 0.5) is 0 Å². The summed E-state index contributed by atoms with van der Waals surface area (Å²) in [6, 6.07) is 6.22. The number of hydrogen-bond acceptors (Lipinski definition) is 7. The number of amides is 2. The van der Waals surface area contributed by atoms with Gasteiger partial charge in [0.25, 0.3) is 0 Å². The van der Waals surface area contributed by atoms with Crippen molar-refractivity contribution < 1.29 is 19.8 Å². The zero-order chi connectivity index (χ0) is 25.3. The lowest BCUT2D eigenvalue weighted by Crippen LogP contribution is -2.49. The lowest BCUT2D eigenvalue weighted by Gasteiger charge is -2.30. The minimum absolute atomic E-state index is 0.0375. The third kappa shape index (κ3) is 5.23. The van der Waals surface area contributed by atoms with Gasteiger partial charge in [-0.05, 0) is 30.9 Å². The molecule has 2 amide bonds. The van der Waals surface area contributed by atoms with Crippen LogP contribution in [-0.2, 0) is 9.59 Å². The van der Waals surface area contributed by atoms with Crippen LogP contribution < -0.4 is 5.32 Å². The van der Waals surface area contributed by atoms with Crippen LogP contribution in [0.15, 0.2) is 42.2 Å². The molecule has 4 atom stereocenters. The largest absolute Gasteiger partial charge is 0.505 e. The van der Waals surface area contributed by atoms with E-state index in [0.717, 1.165) is 21.7 Å². The Morgan fingerprint density at radius 2 is 1.91 bits per heavy atom. The number of aliphatic hydroxyl groups excluding tert-OH is 1. The van der Waals surface area contributed by atoms with Gasteiger partial charge in [-0.25, -0.2) is 4.98 Å². The van der Waals surface area contributed by atoms with E-state index in [9.17, 15) is 19.8 Å². The molecule has 0 aliphatic carbocycles. The number of benzene rings is 1. The number of nitrogens with one attached hydrogen (secondary N) is 1. The van der Waals surface area contributed by atoms with E-state index in [4.69, 9.17) is 0 Å². The fourth-order valence-corrected chi connectivity index (χ4v) is 5.37. The summed E-state index contributed by atoms with van der Waals surface area (Å²) in [4.78, 5) is 33.6. The molecule has 1 fully saturated rings. The Bertz CT molecular complexity index is 1190. The number of carbonyl (C=O) groups is 2. The molecule has 4 rings (SSSR count). The van der Waals surface area contributed by atoms with Crippen molar-refractivity contribution >= 4 is 23.2 Å². The van der Waals surface area contributed by atoms with E-state index in [0.29, 0.717) is 0 Å². The minimum atomic E-state index is -0.788. The van der Waals surface area contributed by atoms with Crippen molar-refractivity contribution in [2.75, 3.05) is 6.54 Å². The van der Waals surface area contributed by atoms with Crippen LogP contribution in [0.1, 0.15) is 50.5 Å². The van der Waals surface area contributed by atoms with Crippen LogP contribution in [0.5, 0.6) is 5.75 Å². The van der Waals surface area contributed by atoms with Crippen LogP contribution >= 0.6 is 11.3 Å². The fraction of sp³-hybridized carbons (Fsp3) is 0.440. The first-order valence-electron chi connectivity index (χ1n) is 11.7. The first kappa shape index (κ1) is 24.9. The number of aromatic nitrogens is 3. The molecule has 10 heteroatoms. The highest BCUT2D eigenvalue weighted by Crippen LogP contribution is 2.30. The van der Waals surface area contributed by atoms with Gasteiger partial charge in [0.05, 0.1) is 40.6 Å². The van der Waals surface area contributed by atoms with E-state index in [-0.39, 0.29) is 42.5 Å². The molecule has 9 nitrogen and oxygen atoms in total. The van der Waals surface area contributed by atoms with E-state index >= 15 is 0 Å². The van der Waals surface area contributed by atoms with E-state index < -0.39 is 18.2 Å². The Morgan fingerprint density at radius 1 is 1.20 bits per heavy atom. The quantitative estimate of drug-likeness (QED) is 0.461. The Balaban J connectivity index is 1.47. The number of aromatic hydroxyl groups is 1. The summed E-state index contributed by atoms with van der Waals surface area (Å²) in [5, 5.41) is 27.1. The Hall–Kier alpha value is -3.24. The first-order chi connectivity index (χ1) is 16.7. The molecule has 3 aromatic rings. The third-order valence-electron chi connectivity index (χ3n) is 6.40. The molecule has 2 aromatic heterocycles. The van der Waals surface area contributed by atoms with Crippen LogP contribution in [-0.4, -0.2) is 60.4 Å². The zero-order valence-electron chi connectivity index (χ0n) is 20.3. The van der Waals surface area contributed by atoms with Gasteiger partial charge in [-0.1, -0.05) is 38.1 Å². The lowest BCUT2D eigenvalue weighted by molar-refractivity contribution is -0.142. The molecule has 1 aromatic carbocycles. The van der Waals surface area contributed by atoms with Crippen LogP contribution in [0, 0.1) is 12.8 Å². The monoisotopic (exact) mass is 497 g/mol. The van der Waals surface area contributed by atoms with Crippen molar-refractivity contribution in [3.8, 4) is 16.2 Å². The maximum absolute atomic E-state index is 13.5. The summed E-state index contributed by atoms with van der Waals surface area (Å²) in [6.07, 6.45) is 2.05. The normalized spacial score (nSPS) is 19.7. The predicted molar refractivity (Wildman–Crippen MR) is 133 cm³/mol. The van der Waals surface area contributed by atoms with E-state index in [2.05, 4.69) is 15.4 Å². The standard InChI is InChI=1S/C25H31N5O4S/c1-14(2)22(30-12-20(32)10-27-30)25(34)29-11-19(31)9-21(29)24(33)28-15(3)17-5-7-18(8-6-17)23-16(4)26-13-35-23/h5-8,10,12-15,19,21-22,31-32H,9,11H2,1-4H3,(H,28,33)/t15-,19+,21+,22?/m0/s1. The van der Waals surface area contributed by atoms with E-state index in [1.165, 1.54) is 22.0 Å². The smallest absolute Gasteiger partial charge is 0.248 e. The molecule has 0 bridgehead atoms. The van der Waals surface area contributed by atoms with E-state index in [1.54, 1.807) is 11.3 Å². The van der Waals surface area contributed by atoms with Crippen molar-refractivity contribution in [2.24, 2.45) is 5.92 Å². The molecule has 3 heterocycles. The van der Waals surface area contributed by atoms with Gasteiger partial charge in [0.1, 0.15) is 12.1 Å². The molecule has 1 aliphatic rings. The molecule has 0 spiro atoms. The molecule has 0 saturated carbocycles. The molecule has 1 unspecified atom stereocenters. The average molecular weight is 498 g/mol. The molecule has 1 aliphatic heterocycles. The molecule has 35 heavy (non-hydrogen) atoms. The zero-order valence-corrected chi connectivity index (χ0v) is 21.1. The van der Waals surface area contributed by atoms with Gasteiger partial charge in [-0.3, -0.25) is 14.3 Å². The summed E-state index contributed by atoms with van der Waals surface area (Å²) >= 11 is 1.59. The Kier molecular flexibility index (Phi) is 7.23. The van der Waals surface area contributed by atoms with Crippen molar-refractivity contribution in [3.63, 3.8) is 0 Å². The highest BCUT2D eigenvalue weighted by Gasteiger charge is 2.42. The van der Waals surface area contributed by atoms with Crippen LogP contribution in [0.2, 0.25) is 0 Å². The number of β-amino-alcohol motifs (C(OH)–C–C–N with tert-alkyl or cyclic N) is 1. The number of nitrogens with zero attached hydrogens (tertiary/aromatic N) is 4. The predicted octanol–water partition coefficient (Wildman–Crippen LogP) is 3.06. The SMILES string of the molecule is Cc1ncsc1-c1ccc([C@H](C)NC(=O)[C@H]2C[C@@H](O)CN2C(=O)C(C(C)C)n2cc(O)cn2)cc1. The number of rotatable bonds is 7. The molecular formula is C25H31N5O4S. The van der Waals surface area contributed by atoms with Gasteiger partial charge < -0.3 is 20.4 Å². The summed E-state index contributed by atoms with van der Waals surface area (Å²) in [5.74, 6) is -0.792. The maximum atomic E-state index is 13.5. The maximum Gasteiger partial charge on any atom is 0.248 e. The van der Waals surface area contributed by atoms with Gasteiger partial charge in [0, 0.05) is 13.0 Å². The van der Waals surface area contributed by atoms with Gasteiger partial charge >= 0.3 is 0 Å². The Labute approximate surface area is 208 Å². The van der Waals surface area contributed by atoms with Crippen molar-refractivity contribution in [2.45, 2.75) is 58.3 Å². The molecule has 3 N–H and O–H groups in total. The highest BCUT2D eigenvalue weighted by atomic mass is 32.1. The number of aryl methyl sites for hydroxylation is 1. The second-order valence-corrected chi connectivity index (χ2v) is 10.2. The topological polar surface area (TPSA) is 121 Å². The van der Waals surface area contributed by atoms with Crippen molar-refractivity contribution in [3.05, 3.63) is 53.4 Å². The molecule has 0 radical (unpaired) electrons. The second kappa shape index (κ2) is 10.2. The third-order valence-corrected chi connectivity index (χ3v) is 7.38. The summed E-state index contributed by atoms with van der Waals surface area (Å²) < 4.78 is 1.41. The van der Waals surface area contributed by atoms with Gasteiger partial charge in [0.15, 0.2) is 5.75 Å². The highest BCUT2D eigenvalue weighted by molar-refractivity contribution is 7.13. The van der Waals surface area contributed by atoms with Crippen LogP contribution in [0.3, 0.4) is 0 Å². The summed E-state index contributed by atoms with van der Waals surface area (Å²) in [7, 11) is 0. The number of thiazole rings is 1. The average Bonchev–Trinajstić information content (AvgIpc) is 3.53. The summed E-state index contributed by atoms with van der Waals surface area (Å²) in [6.45, 7) is 7.70. The second-order valence-electron chi connectivity index (χ2n) is 9.38. The molecule has 186 valence electrons. The van der Waals surface area contributed by atoms with Gasteiger partial charge in [0.2, 0.25) is 11.8 Å². The van der Waals surface area contributed by atoms with E-state index in [1.807, 2.05) is 57.5 Å². The fourth-order valence-electron chi connectivity index (χ4n) is 4.55. The first-order valence-corrected chi connectivity index (χ1v) is 12.6. The minimum Gasteiger partial charge on any atom is -0.505 e. The number of aliphatic hydroxyl groups is 1. The summed E-state index contributed by atoms with van der Waals surface area (Å²) in [5.41, 5.74) is 4.82. The van der Waals surface area contributed by atoms with Gasteiger partial charge in [-0.15, -0.1) is 11.3 Å². The number of carbonyl (C=O) groups excluding carboxylic acids is 2. The van der Waals surface area contributed by atoms with Gasteiger partial charge in [-0.2, -0.15) is 5.10 Å². The van der Waals surface area contributed by atoms with Crippen molar-refractivity contribution in [1.29, 1.82) is 0 Å². The van der Waals surface area contributed by atoms with Crippen LogP contribution in [0.25, 0.3) is 10.4 Å². The number of likely N-dealkylation sites (tertiary alicyclic amines) is 1. The molecular weight excluding hydrogens is 466 g/mol. The Morgan fingerprint density at radius 3 is 2.49 bits per heavy atom. The number of hydrogen-bond donors (Lipinski definition) is 3. The molecule has 1 saturated heterocycles. The van der Waals surface area contributed by atoms with Crippen molar-refractivity contribution in [1.82, 2.24) is 25.0 Å².